The Morgan fingerprint density at radius 3 is 0.981 bits per heavy atom. The first-order valence-corrected chi connectivity index (χ1v) is 17.5. The molecular weight excluding hydrogens is 692 g/mol. The Morgan fingerprint density at radius 1 is 0.462 bits per heavy atom. The lowest BCUT2D eigenvalue weighted by molar-refractivity contribution is 0.0193. The van der Waals surface area contributed by atoms with Gasteiger partial charge in [0.1, 0.15) is 44.2 Å². The van der Waals surface area contributed by atoms with Crippen molar-refractivity contribution < 1.29 is 55.8 Å². The predicted molar refractivity (Wildman–Crippen MR) is 191 cm³/mol. The highest BCUT2D eigenvalue weighted by Gasteiger charge is 2.23. The Balaban J connectivity index is 1.81. The molecule has 0 fully saturated rings. The van der Waals surface area contributed by atoms with Crippen molar-refractivity contribution in [1.82, 2.24) is 0 Å². The highest BCUT2D eigenvalue weighted by atomic mass is 32.2. The van der Waals surface area contributed by atoms with E-state index in [9.17, 15) is 27.4 Å². The topological polar surface area (TPSA) is 164 Å². The van der Waals surface area contributed by atoms with E-state index in [4.69, 9.17) is 28.4 Å². The number of rotatable bonds is 7. The van der Waals surface area contributed by atoms with Gasteiger partial charge >= 0.3 is 18.5 Å². The average Bonchev–Trinajstić information content (AvgIpc) is 2.98. The summed E-state index contributed by atoms with van der Waals surface area (Å²) in [6.45, 7) is 15.3. The quantitative estimate of drug-likeness (QED) is 0.0766. The van der Waals surface area contributed by atoms with Gasteiger partial charge < -0.3 is 33.0 Å². The molecule has 12 nitrogen and oxygen atoms in total. The third-order valence-electron chi connectivity index (χ3n) is 6.63. The third kappa shape index (κ3) is 11.6. The number of carbonyl (C=O) groups excluding carboxylic acids is 3. The Hall–Kier alpha value is -5.40. The Morgan fingerprint density at radius 2 is 0.731 bits per heavy atom. The second-order valence-electron chi connectivity index (χ2n) is 14.6. The maximum Gasteiger partial charge on any atom is 0.514 e. The van der Waals surface area contributed by atoms with Gasteiger partial charge in [0.25, 0.3) is 0 Å². The van der Waals surface area contributed by atoms with E-state index in [0.29, 0.717) is 22.3 Å². The number of benzene rings is 4. The summed E-state index contributed by atoms with van der Waals surface area (Å²) in [5.74, 6) is 0.461. The summed E-state index contributed by atoms with van der Waals surface area (Å²) >= 11 is 0. The summed E-state index contributed by atoms with van der Waals surface area (Å²) in [4.78, 5) is 36.1. The van der Waals surface area contributed by atoms with E-state index in [1.807, 2.05) is 0 Å². The highest BCUT2D eigenvalue weighted by Crippen LogP contribution is 2.41. The molecule has 0 aromatic heterocycles. The van der Waals surface area contributed by atoms with E-state index in [1.165, 1.54) is 48.5 Å². The molecule has 0 unspecified atom stereocenters. The molecule has 0 bridgehead atoms. The zero-order valence-corrected chi connectivity index (χ0v) is 31.2. The SMILES string of the molecule is CC(C)(C)OC(=O)Oc1ccc(-c2cc(-c3ccc(OC(=O)OC(C)(C)C)cc3)c(S(=O)(=O)[O-])c(-c3ccc(OC(=O)OC(C)(C)C)cc3)c2)cc1. The molecule has 0 radical (unpaired) electrons. The van der Waals surface area contributed by atoms with Crippen LogP contribution in [0.1, 0.15) is 62.3 Å². The first kappa shape index (κ1) is 39.4. The molecule has 4 aromatic carbocycles. The van der Waals surface area contributed by atoms with Gasteiger partial charge in [-0.2, -0.15) is 0 Å². The normalized spacial score (nSPS) is 12.0. The summed E-state index contributed by atoms with van der Waals surface area (Å²) in [5.41, 5.74) is -0.464. The van der Waals surface area contributed by atoms with Gasteiger partial charge in [0, 0.05) is 11.1 Å². The molecule has 0 N–H and O–H groups in total. The molecule has 0 saturated heterocycles. The average molecular weight is 734 g/mol. The zero-order valence-electron chi connectivity index (χ0n) is 30.4. The minimum Gasteiger partial charge on any atom is -0.744 e. The molecule has 0 aliphatic heterocycles. The van der Waals surface area contributed by atoms with Gasteiger partial charge in [0.15, 0.2) is 0 Å². The molecule has 0 heterocycles. The molecule has 4 aromatic rings. The minimum atomic E-state index is -5.13. The van der Waals surface area contributed by atoms with E-state index in [1.54, 1.807) is 98.7 Å². The summed E-state index contributed by atoms with van der Waals surface area (Å²) in [5, 5.41) is 0. The Labute approximate surface area is 303 Å². The number of carbonyl (C=O) groups is 3. The van der Waals surface area contributed by atoms with E-state index in [-0.39, 0.29) is 28.4 Å². The van der Waals surface area contributed by atoms with Crippen molar-refractivity contribution in [2.75, 3.05) is 0 Å². The number of ether oxygens (including phenoxy) is 6. The first-order chi connectivity index (χ1) is 24.0. The lowest BCUT2D eigenvalue weighted by atomic mass is 9.93. The van der Waals surface area contributed by atoms with Crippen molar-refractivity contribution in [3.63, 3.8) is 0 Å². The molecule has 0 atom stereocenters. The van der Waals surface area contributed by atoms with Crippen LogP contribution in [0.4, 0.5) is 14.4 Å². The van der Waals surface area contributed by atoms with Crippen LogP contribution < -0.4 is 14.2 Å². The molecule has 0 spiro atoms. The van der Waals surface area contributed by atoms with Crippen molar-refractivity contribution in [2.45, 2.75) is 84.0 Å². The van der Waals surface area contributed by atoms with Crippen LogP contribution in [-0.2, 0) is 24.3 Å². The van der Waals surface area contributed by atoms with Crippen molar-refractivity contribution in [2.24, 2.45) is 0 Å². The monoisotopic (exact) mass is 733 g/mol. The first-order valence-electron chi connectivity index (χ1n) is 16.1. The summed E-state index contributed by atoms with van der Waals surface area (Å²) in [7, 11) is -5.13. The summed E-state index contributed by atoms with van der Waals surface area (Å²) in [6, 6.07) is 21.3. The molecular formula is C39H41O12S-. The smallest absolute Gasteiger partial charge is 0.514 e. The zero-order chi connectivity index (χ0) is 38.6. The maximum absolute atomic E-state index is 13.0. The predicted octanol–water partition coefficient (Wildman–Crippen LogP) is 9.53. The van der Waals surface area contributed by atoms with Gasteiger partial charge in [-0.25, -0.2) is 22.8 Å². The molecule has 52 heavy (non-hydrogen) atoms. The van der Waals surface area contributed by atoms with Crippen LogP contribution >= 0.6 is 0 Å². The van der Waals surface area contributed by atoms with Crippen molar-refractivity contribution in [3.8, 4) is 50.6 Å². The molecule has 0 aliphatic carbocycles. The van der Waals surface area contributed by atoms with Gasteiger partial charge in [0.05, 0.1) is 4.90 Å². The molecule has 13 heteroatoms. The Bertz CT molecular complexity index is 1930. The molecule has 0 aliphatic rings. The van der Waals surface area contributed by atoms with Crippen LogP contribution in [0.2, 0.25) is 0 Å². The van der Waals surface area contributed by atoms with E-state index in [2.05, 4.69) is 0 Å². The molecule has 0 saturated carbocycles. The fourth-order valence-corrected chi connectivity index (χ4v) is 5.61. The maximum atomic E-state index is 13.0. The second kappa shape index (κ2) is 15.1. The second-order valence-corrected chi connectivity index (χ2v) is 15.9. The van der Waals surface area contributed by atoms with Crippen LogP contribution in [0.3, 0.4) is 0 Å². The third-order valence-corrected chi connectivity index (χ3v) is 7.57. The lowest BCUT2D eigenvalue weighted by Gasteiger charge is -2.21. The van der Waals surface area contributed by atoms with E-state index >= 15 is 0 Å². The molecule has 276 valence electrons. The summed E-state index contributed by atoms with van der Waals surface area (Å²) in [6.07, 6.45) is -2.73. The van der Waals surface area contributed by atoms with Gasteiger partial charge in [-0.3, -0.25) is 0 Å². The van der Waals surface area contributed by atoms with E-state index < -0.39 is 50.3 Å². The van der Waals surface area contributed by atoms with Crippen LogP contribution in [0, 0.1) is 0 Å². The molecule has 0 amide bonds. The fourth-order valence-electron chi connectivity index (χ4n) is 4.72. The fraction of sp³-hybridized carbons (Fsp3) is 0.308. The highest BCUT2D eigenvalue weighted by molar-refractivity contribution is 7.86. The van der Waals surface area contributed by atoms with Gasteiger partial charge in [-0.1, -0.05) is 36.4 Å². The van der Waals surface area contributed by atoms with Crippen molar-refractivity contribution >= 4 is 28.6 Å². The Kier molecular flexibility index (Phi) is 11.4. The van der Waals surface area contributed by atoms with Crippen molar-refractivity contribution in [1.29, 1.82) is 0 Å². The van der Waals surface area contributed by atoms with Crippen LogP contribution in [0.15, 0.2) is 89.8 Å². The number of hydrogen-bond acceptors (Lipinski definition) is 12. The minimum absolute atomic E-state index is 0.0643. The van der Waals surface area contributed by atoms with Crippen LogP contribution in [0.25, 0.3) is 33.4 Å². The summed E-state index contributed by atoms with van der Waals surface area (Å²) < 4.78 is 70.5. The van der Waals surface area contributed by atoms with Crippen molar-refractivity contribution in [3.05, 3.63) is 84.9 Å². The van der Waals surface area contributed by atoms with Gasteiger partial charge in [-0.15, -0.1) is 0 Å². The van der Waals surface area contributed by atoms with Crippen LogP contribution in [-0.4, -0.2) is 48.2 Å². The van der Waals surface area contributed by atoms with Crippen LogP contribution in [0.5, 0.6) is 17.2 Å². The largest absolute Gasteiger partial charge is 0.744 e. The van der Waals surface area contributed by atoms with E-state index in [0.717, 1.165) is 0 Å². The molecule has 4 rings (SSSR count). The lowest BCUT2D eigenvalue weighted by Crippen LogP contribution is -2.25. The van der Waals surface area contributed by atoms with Gasteiger partial charge in [-0.05, 0) is 133 Å². The standard InChI is InChI=1S/C39H42O12S/c1-37(2,3)49-34(40)46-28-16-10-24(11-17-28)27-22-31(25-12-18-29(19-13-25)47-35(41)50-38(4,5)6)33(52(43,44)45)32(23-27)26-14-20-30(21-15-26)48-36(42)51-39(7,8)9/h10-23H,1-9H3,(H,43,44,45)/p-1. The number of hydrogen-bond donors (Lipinski definition) is 0. The van der Waals surface area contributed by atoms with Gasteiger partial charge in [0.2, 0.25) is 0 Å².